The average Bonchev–Trinajstić information content (AvgIpc) is 3.08. The van der Waals surface area contributed by atoms with Crippen molar-refractivity contribution in [2.24, 2.45) is 0 Å². The molecule has 2 amide bonds. The van der Waals surface area contributed by atoms with Gasteiger partial charge in [0.05, 0.1) is 12.1 Å². The molecule has 0 radical (unpaired) electrons. The fourth-order valence-electron chi connectivity index (χ4n) is 2.88. The Hall–Kier alpha value is -2.83. The summed E-state index contributed by atoms with van der Waals surface area (Å²) in [6, 6.07) is 8.04. The number of aromatic nitrogens is 1. The molecule has 1 aliphatic heterocycles. The van der Waals surface area contributed by atoms with Gasteiger partial charge >= 0.3 is 0 Å². The molecule has 0 bridgehead atoms. The van der Waals surface area contributed by atoms with Gasteiger partial charge in [-0.05, 0) is 25.0 Å². The zero-order chi connectivity index (χ0) is 16.0. The van der Waals surface area contributed by atoms with Crippen LogP contribution in [-0.4, -0.2) is 45.6 Å². The predicted octanol–water partition coefficient (Wildman–Crippen LogP) is 1.15. The van der Waals surface area contributed by atoms with Crippen molar-refractivity contribution < 1.29 is 19.2 Å². The summed E-state index contributed by atoms with van der Waals surface area (Å²) >= 11 is 0. The van der Waals surface area contributed by atoms with Crippen LogP contribution >= 0.6 is 0 Å². The number of hydrogen-bond donors (Lipinski definition) is 2. The highest BCUT2D eigenvalue weighted by Crippen LogP contribution is 2.38. The highest BCUT2D eigenvalue weighted by Gasteiger charge is 2.49. The first kappa shape index (κ1) is 13.8. The Labute approximate surface area is 131 Å². The average molecular weight is 313 g/mol. The van der Waals surface area contributed by atoms with Crippen LogP contribution in [0.4, 0.5) is 0 Å². The van der Waals surface area contributed by atoms with E-state index >= 15 is 0 Å². The zero-order valence-corrected chi connectivity index (χ0v) is 12.3. The first-order chi connectivity index (χ1) is 11.0. The zero-order valence-electron chi connectivity index (χ0n) is 12.3. The van der Waals surface area contributed by atoms with E-state index in [1.54, 1.807) is 18.2 Å². The first-order valence-electron chi connectivity index (χ1n) is 7.41. The third-order valence-electron chi connectivity index (χ3n) is 4.23. The number of carbonyl (C=O) groups is 2. The maximum Gasteiger partial charge on any atom is 0.276 e. The van der Waals surface area contributed by atoms with Crippen molar-refractivity contribution in [1.82, 2.24) is 15.4 Å². The molecule has 2 heterocycles. The molecule has 2 aliphatic rings. The Morgan fingerprint density at radius 3 is 2.91 bits per heavy atom. The molecule has 1 aliphatic carbocycles. The minimum Gasteiger partial charge on any atom is -0.508 e. The number of nitrogens with one attached hydrogen (secondary N) is 1. The van der Waals surface area contributed by atoms with E-state index < -0.39 is 0 Å². The van der Waals surface area contributed by atoms with E-state index in [4.69, 9.17) is 4.52 Å². The Kier molecular flexibility index (Phi) is 2.90. The molecule has 1 saturated carbocycles. The molecule has 2 fully saturated rings. The van der Waals surface area contributed by atoms with Gasteiger partial charge in [0.15, 0.2) is 11.5 Å². The summed E-state index contributed by atoms with van der Waals surface area (Å²) in [5, 5.41) is 16.3. The van der Waals surface area contributed by atoms with Crippen LogP contribution < -0.4 is 5.32 Å². The number of benzene rings is 1. The molecule has 0 unspecified atom stereocenters. The maximum absolute atomic E-state index is 12.5. The van der Waals surface area contributed by atoms with Crippen LogP contribution in [0.3, 0.4) is 0 Å². The minimum atomic E-state index is -0.318. The molecule has 7 nitrogen and oxygen atoms in total. The molecule has 0 atom stereocenters. The van der Waals surface area contributed by atoms with Crippen LogP contribution in [0.25, 0.3) is 11.3 Å². The van der Waals surface area contributed by atoms with Gasteiger partial charge in [0.1, 0.15) is 5.75 Å². The Morgan fingerprint density at radius 1 is 1.35 bits per heavy atom. The van der Waals surface area contributed by atoms with Gasteiger partial charge in [0.2, 0.25) is 5.91 Å². The molecule has 1 spiro atoms. The lowest BCUT2D eigenvalue weighted by atomic mass is 10.1. The van der Waals surface area contributed by atoms with Gasteiger partial charge in [-0.25, -0.2) is 0 Å². The Morgan fingerprint density at radius 2 is 2.17 bits per heavy atom. The van der Waals surface area contributed by atoms with Gasteiger partial charge in [-0.1, -0.05) is 17.3 Å². The second kappa shape index (κ2) is 4.84. The van der Waals surface area contributed by atoms with E-state index in [0.29, 0.717) is 17.9 Å². The van der Waals surface area contributed by atoms with Crippen molar-refractivity contribution in [1.29, 1.82) is 0 Å². The second-order valence-electron chi connectivity index (χ2n) is 6.12. The number of phenolic OH excluding ortho intramolecular Hbond substituents is 1. The Bertz CT molecular complexity index is 794. The van der Waals surface area contributed by atoms with Gasteiger partial charge < -0.3 is 19.8 Å². The molecule has 118 valence electrons. The molecule has 7 heteroatoms. The van der Waals surface area contributed by atoms with E-state index in [1.807, 2.05) is 0 Å². The summed E-state index contributed by atoms with van der Waals surface area (Å²) in [6.07, 6.45) is 1.80. The van der Waals surface area contributed by atoms with Gasteiger partial charge in [-0.3, -0.25) is 9.59 Å². The third kappa shape index (κ3) is 2.54. The molecule has 2 aromatic rings. The quantitative estimate of drug-likeness (QED) is 0.867. The van der Waals surface area contributed by atoms with Crippen LogP contribution in [-0.2, 0) is 4.79 Å². The number of nitrogens with zero attached hydrogens (tertiary/aromatic N) is 2. The third-order valence-corrected chi connectivity index (χ3v) is 4.23. The fourth-order valence-corrected chi connectivity index (χ4v) is 2.88. The standard InChI is InChI=1S/C16H15N3O4/c20-11-3-1-2-10(6-11)13-7-12(18-23-13)15(22)19-8-14(21)17-16(9-19)4-5-16/h1-3,6-7,20H,4-5,8-9H2,(H,17,21). The highest BCUT2D eigenvalue weighted by molar-refractivity contribution is 5.96. The van der Waals surface area contributed by atoms with Gasteiger partial charge in [-0.2, -0.15) is 0 Å². The number of amides is 2. The topological polar surface area (TPSA) is 95.7 Å². The van der Waals surface area contributed by atoms with Crippen LogP contribution in [0.15, 0.2) is 34.9 Å². The summed E-state index contributed by atoms with van der Waals surface area (Å²) in [6.45, 7) is 0.542. The summed E-state index contributed by atoms with van der Waals surface area (Å²) in [5.41, 5.74) is 0.559. The minimum absolute atomic E-state index is 0.0366. The van der Waals surface area contributed by atoms with Crippen molar-refractivity contribution in [3.8, 4) is 17.1 Å². The van der Waals surface area contributed by atoms with Crippen molar-refractivity contribution in [2.75, 3.05) is 13.1 Å². The molecule has 1 aromatic carbocycles. The monoisotopic (exact) mass is 313 g/mol. The smallest absolute Gasteiger partial charge is 0.276 e. The number of aromatic hydroxyl groups is 1. The number of carbonyl (C=O) groups excluding carboxylic acids is 2. The highest BCUT2D eigenvalue weighted by atomic mass is 16.5. The Balaban J connectivity index is 1.56. The van der Waals surface area contributed by atoms with Crippen molar-refractivity contribution >= 4 is 11.8 Å². The number of rotatable bonds is 2. The summed E-state index contributed by atoms with van der Waals surface area (Å²) in [5.74, 6) is 0.0436. The van der Waals surface area contributed by atoms with E-state index in [2.05, 4.69) is 10.5 Å². The van der Waals surface area contributed by atoms with Gasteiger partial charge in [0, 0.05) is 18.2 Å². The van der Waals surface area contributed by atoms with Crippen molar-refractivity contribution in [2.45, 2.75) is 18.4 Å². The molecule has 23 heavy (non-hydrogen) atoms. The fraction of sp³-hybridized carbons (Fsp3) is 0.312. The SMILES string of the molecule is O=C1CN(C(=O)c2cc(-c3cccc(O)c3)on2)CC2(CC2)N1. The lowest BCUT2D eigenvalue weighted by Gasteiger charge is -2.32. The summed E-state index contributed by atoms with van der Waals surface area (Å²) in [7, 11) is 0. The van der Waals surface area contributed by atoms with E-state index in [-0.39, 0.29) is 35.3 Å². The molecule has 2 N–H and O–H groups in total. The number of hydrogen-bond acceptors (Lipinski definition) is 5. The van der Waals surface area contributed by atoms with E-state index in [9.17, 15) is 14.7 Å². The molecular weight excluding hydrogens is 298 g/mol. The molecule has 1 saturated heterocycles. The second-order valence-corrected chi connectivity index (χ2v) is 6.12. The van der Waals surface area contributed by atoms with Crippen molar-refractivity contribution in [3.05, 3.63) is 36.0 Å². The van der Waals surface area contributed by atoms with Crippen LogP contribution in [0.1, 0.15) is 23.3 Å². The van der Waals surface area contributed by atoms with Crippen LogP contribution in [0, 0.1) is 0 Å². The predicted molar refractivity (Wildman–Crippen MR) is 79.6 cm³/mol. The summed E-state index contributed by atoms with van der Waals surface area (Å²) in [4.78, 5) is 25.8. The van der Waals surface area contributed by atoms with E-state index in [0.717, 1.165) is 12.8 Å². The lowest BCUT2D eigenvalue weighted by Crippen LogP contribution is -2.57. The molecular formula is C16H15N3O4. The number of phenols is 1. The molecule has 1 aromatic heterocycles. The lowest BCUT2D eigenvalue weighted by molar-refractivity contribution is -0.125. The van der Waals surface area contributed by atoms with E-state index in [1.165, 1.54) is 17.0 Å². The van der Waals surface area contributed by atoms with Crippen molar-refractivity contribution in [3.63, 3.8) is 0 Å². The maximum atomic E-state index is 12.5. The van der Waals surface area contributed by atoms with Crippen LogP contribution in [0.5, 0.6) is 5.75 Å². The van der Waals surface area contributed by atoms with Gasteiger partial charge in [-0.15, -0.1) is 0 Å². The normalized spacial score (nSPS) is 18.8. The molecule has 4 rings (SSSR count). The summed E-state index contributed by atoms with van der Waals surface area (Å²) < 4.78 is 5.20. The number of piperazine rings is 1. The first-order valence-corrected chi connectivity index (χ1v) is 7.41. The van der Waals surface area contributed by atoms with Crippen LogP contribution in [0.2, 0.25) is 0 Å². The van der Waals surface area contributed by atoms with Gasteiger partial charge in [0.25, 0.3) is 5.91 Å². The largest absolute Gasteiger partial charge is 0.508 e.